The first-order valence-corrected chi connectivity index (χ1v) is 7.09. The summed E-state index contributed by atoms with van der Waals surface area (Å²) >= 11 is 0. The van der Waals surface area contributed by atoms with Crippen LogP contribution in [0.5, 0.6) is 5.88 Å². The van der Waals surface area contributed by atoms with Crippen molar-refractivity contribution in [2.24, 2.45) is 4.99 Å². The van der Waals surface area contributed by atoms with Crippen LogP contribution in [0.15, 0.2) is 59.2 Å². The van der Waals surface area contributed by atoms with Crippen LogP contribution in [0.2, 0.25) is 0 Å². The summed E-state index contributed by atoms with van der Waals surface area (Å²) in [7, 11) is 1.55. The zero-order chi connectivity index (χ0) is 16.0. The van der Waals surface area contributed by atoms with E-state index in [9.17, 15) is 5.11 Å². The summed E-state index contributed by atoms with van der Waals surface area (Å²) < 4.78 is 5.05. The summed E-state index contributed by atoms with van der Waals surface area (Å²) in [5, 5.41) is 13.7. The van der Waals surface area contributed by atoms with Crippen LogP contribution in [0.25, 0.3) is 0 Å². The Bertz CT molecular complexity index is 832. The van der Waals surface area contributed by atoms with Gasteiger partial charge < -0.3 is 15.3 Å². The molecule has 0 fully saturated rings. The molecular formula is C16H16N5O3. The first-order valence-electron chi connectivity index (χ1n) is 7.09. The van der Waals surface area contributed by atoms with Crippen LogP contribution < -0.4 is 20.3 Å². The lowest BCUT2D eigenvalue weighted by atomic mass is 10.1. The molecular weight excluding hydrogens is 310 g/mol. The van der Waals surface area contributed by atoms with Gasteiger partial charge in [-0.2, -0.15) is 0 Å². The summed E-state index contributed by atoms with van der Waals surface area (Å²) in [6.45, 7) is 1.85. The number of aliphatic imine (C=N–C) groups is 1. The average Bonchev–Trinajstić information content (AvgIpc) is 2.93. The highest BCUT2D eigenvalue weighted by Crippen LogP contribution is 2.40. The number of allylic oxidation sites excluding steroid dienone is 1. The molecule has 24 heavy (non-hydrogen) atoms. The van der Waals surface area contributed by atoms with Crippen molar-refractivity contribution in [1.29, 1.82) is 0 Å². The van der Waals surface area contributed by atoms with Crippen molar-refractivity contribution in [2.75, 3.05) is 17.1 Å². The molecule has 1 radical (unpaired) electrons. The van der Waals surface area contributed by atoms with E-state index in [4.69, 9.17) is 4.74 Å². The van der Waals surface area contributed by atoms with E-state index in [0.717, 1.165) is 11.4 Å². The van der Waals surface area contributed by atoms with E-state index < -0.39 is 0 Å². The predicted octanol–water partition coefficient (Wildman–Crippen LogP) is 1.86. The van der Waals surface area contributed by atoms with Gasteiger partial charge >= 0.3 is 0 Å². The summed E-state index contributed by atoms with van der Waals surface area (Å²) in [5.74, 6) is 0.522. The minimum Gasteiger partial charge on any atom is -0.492 e. The number of benzene rings is 1. The van der Waals surface area contributed by atoms with E-state index >= 15 is 0 Å². The molecule has 3 heterocycles. The normalized spacial score (nSPS) is 15.5. The molecule has 0 saturated heterocycles. The van der Waals surface area contributed by atoms with E-state index in [1.165, 1.54) is 5.01 Å². The minimum absolute atomic E-state index is 0. The van der Waals surface area contributed by atoms with E-state index in [1.54, 1.807) is 30.4 Å². The van der Waals surface area contributed by atoms with Crippen molar-refractivity contribution in [3.63, 3.8) is 0 Å². The number of anilines is 2. The molecule has 0 saturated carbocycles. The van der Waals surface area contributed by atoms with Crippen molar-refractivity contribution in [2.45, 2.75) is 6.92 Å². The van der Waals surface area contributed by atoms with Crippen molar-refractivity contribution in [3.8, 4) is 5.88 Å². The third-order valence-electron chi connectivity index (χ3n) is 3.72. The number of aliphatic hydroxyl groups excluding tert-OH is 1. The number of rotatable bonds is 2. The molecule has 8 nitrogen and oxygen atoms in total. The Labute approximate surface area is 138 Å². The Kier molecular flexibility index (Phi) is 3.84. The van der Waals surface area contributed by atoms with E-state index in [1.807, 2.05) is 31.2 Å². The molecule has 2 aliphatic rings. The number of hydrogen-bond acceptors (Lipinski definition) is 6. The maximum absolute atomic E-state index is 10.6. The number of nitrogens with zero attached hydrogens (tertiary/aromatic N) is 5. The summed E-state index contributed by atoms with van der Waals surface area (Å²) in [5.41, 5.74) is 8.04. The quantitative estimate of drug-likeness (QED) is 0.906. The number of para-hydroxylation sites is 2. The highest BCUT2D eigenvalue weighted by Gasteiger charge is 2.37. The number of hydrogen-bond donors (Lipinski definition) is 1. The lowest BCUT2D eigenvalue weighted by Crippen LogP contribution is -2.36. The maximum Gasteiger partial charge on any atom is 0.237 e. The van der Waals surface area contributed by atoms with E-state index in [-0.39, 0.29) is 11.4 Å². The topological polar surface area (TPSA) is 107 Å². The highest BCUT2D eigenvalue weighted by atomic mass is 16.5. The monoisotopic (exact) mass is 326 g/mol. The molecule has 4 rings (SSSR count). The molecule has 0 bridgehead atoms. The van der Waals surface area contributed by atoms with Crippen molar-refractivity contribution >= 4 is 22.8 Å². The number of ether oxygens (including phenoxy) is 1. The number of aromatic nitrogens is 1. The van der Waals surface area contributed by atoms with Gasteiger partial charge in [-0.25, -0.2) is 20.0 Å². The lowest BCUT2D eigenvalue weighted by Gasteiger charge is -2.25. The molecule has 1 aromatic heterocycles. The number of aliphatic hydroxyl groups is 1. The maximum atomic E-state index is 10.6. The fourth-order valence-electron chi connectivity index (χ4n) is 2.62. The molecule has 0 aliphatic carbocycles. The molecule has 0 amide bonds. The van der Waals surface area contributed by atoms with Crippen molar-refractivity contribution < 1.29 is 15.3 Å². The van der Waals surface area contributed by atoms with Gasteiger partial charge in [-0.3, -0.25) is 0 Å². The van der Waals surface area contributed by atoms with Crippen LogP contribution in [0.4, 0.5) is 17.1 Å². The van der Waals surface area contributed by atoms with Gasteiger partial charge in [0.15, 0.2) is 0 Å². The Morgan fingerprint density at radius 2 is 1.88 bits per heavy atom. The smallest absolute Gasteiger partial charge is 0.237 e. The summed E-state index contributed by atoms with van der Waals surface area (Å²) in [6.07, 6.45) is 1.59. The second kappa shape index (κ2) is 5.84. The molecule has 1 aromatic carbocycles. The SMILES string of the molecule is COc1ccc(N2[N]N3C(=C2O)C(C)=Nc2ccccc23)cn1.O. The van der Waals surface area contributed by atoms with Crippen molar-refractivity contribution in [1.82, 2.24) is 10.5 Å². The van der Waals surface area contributed by atoms with Crippen LogP contribution in [0.1, 0.15) is 6.92 Å². The standard InChI is InChI=1S/C16H14N5O2.H2O/c1-10-15-16(22)20(11-7-8-14(23-2)17-9-11)19-21(15)13-6-4-3-5-12(13)18-10;/h3-9,22H,1-2H3;1H2. The fourth-order valence-corrected chi connectivity index (χ4v) is 2.62. The number of methoxy groups -OCH3 is 1. The van der Waals surface area contributed by atoms with E-state index in [2.05, 4.69) is 15.5 Å². The van der Waals surface area contributed by atoms with Gasteiger partial charge in [0.1, 0.15) is 5.70 Å². The Balaban J connectivity index is 0.00000169. The first kappa shape index (κ1) is 15.8. The molecule has 0 spiro atoms. The van der Waals surface area contributed by atoms with Crippen LogP contribution in [0.3, 0.4) is 0 Å². The van der Waals surface area contributed by atoms with Crippen molar-refractivity contribution in [3.05, 3.63) is 54.2 Å². The van der Waals surface area contributed by atoms with Gasteiger partial charge in [0.2, 0.25) is 11.8 Å². The second-order valence-corrected chi connectivity index (χ2v) is 5.13. The van der Waals surface area contributed by atoms with Crippen LogP contribution in [0, 0.1) is 0 Å². The van der Waals surface area contributed by atoms with E-state index in [0.29, 0.717) is 23.0 Å². The molecule has 2 aromatic rings. The average molecular weight is 326 g/mol. The molecule has 3 N–H and O–H groups in total. The summed E-state index contributed by atoms with van der Waals surface area (Å²) in [6, 6.07) is 11.2. The Morgan fingerprint density at radius 1 is 1.08 bits per heavy atom. The van der Waals surface area contributed by atoms with Crippen LogP contribution in [-0.4, -0.2) is 28.4 Å². The Morgan fingerprint density at radius 3 is 2.58 bits per heavy atom. The Hall–Kier alpha value is -3.10. The number of fused-ring (bicyclic) bond motifs is 3. The van der Waals surface area contributed by atoms with Crippen LogP contribution >= 0.6 is 0 Å². The third-order valence-corrected chi connectivity index (χ3v) is 3.72. The fraction of sp³-hybridized carbons (Fsp3) is 0.125. The number of pyridine rings is 1. The van der Waals surface area contributed by atoms with Gasteiger partial charge in [-0.05, 0) is 30.7 Å². The molecule has 0 atom stereocenters. The van der Waals surface area contributed by atoms with Gasteiger partial charge in [-0.1, -0.05) is 12.1 Å². The second-order valence-electron chi connectivity index (χ2n) is 5.13. The van der Waals surface area contributed by atoms with Crippen LogP contribution in [-0.2, 0) is 0 Å². The van der Waals surface area contributed by atoms with Gasteiger partial charge in [0.05, 0.1) is 36.1 Å². The zero-order valence-corrected chi connectivity index (χ0v) is 13.1. The van der Waals surface area contributed by atoms with Gasteiger partial charge in [0.25, 0.3) is 0 Å². The third kappa shape index (κ3) is 2.25. The lowest BCUT2D eigenvalue weighted by molar-refractivity contribution is 0.385. The minimum atomic E-state index is 0. The van der Waals surface area contributed by atoms with Gasteiger partial charge in [0, 0.05) is 6.07 Å². The largest absolute Gasteiger partial charge is 0.492 e. The molecule has 2 aliphatic heterocycles. The molecule has 123 valence electrons. The first-order chi connectivity index (χ1) is 11.2. The summed E-state index contributed by atoms with van der Waals surface area (Å²) in [4.78, 5) is 8.68. The molecule has 8 heteroatoms. The van der Waals surface area contributed by atoms with Gasteiger partial charge in [-0.15, -0.1) is 0 Å². The molecule has 0 unspecified atom stereocenters. The zero-order valence-electron chi connectivity index (χ0n) is 13.1. The predicted molar refractivity (Wildman–Crippen MR) is 90.4 cm³/mol. The highest BCUT2D eigenvalue weighted by molar-refractivity contribution is 6.07.